The Bertz CT molecular complexity index is 1880. The molecule has 0 aliphatic heterocycles. The van der Waals surface area contributed by atoms with E-state index in [2.05, 4.69) is 20.8 Å². The summed E-state index contributed by atoms with van der Waals surface area (Å²) < 4.78 is 23.0. The Balaban J connectivity index is 1.98. The zero-order valence-corrected chi connectivity index (χ0v) is 34.9. The predicted octanol–water partition coefficient (Wildman–Crippen LogP) is 12.5. The number of phenolic OH excluding ortho intramolecular Hbond substituents is 2. The van der Waals surface area contributed by atoms with Crippen LogP contribution in [0.25, 0.3) is 22.3 Å². The number of fused-ring (bicyclic) bond motifs is 1. The molecule has 316 valence electrons. The standard InChI is InChI=1S/C48H64O10/c1-4-7-10-13-16-19-22-25-28-42(51)55-37-34-40(56-43(52)29-26-23-20-17-14-11-8-5-2)45-41(35-37)57-47(38-32-31-36(49)33-39(38)50)48(46(45)54)58-44(53)30-27-24-21-18-15-12-9-6-3/h25-35,49-50H,4-24H2,1-3H3. The number of aromatic hydroxyl groups is 2. The van der Waals surface area contributed by atoms with E-state index in [0.29, 0.717) is 19.3 Å². The summed E-state index contributed by atoms with van der Waals surface area (Å²) in [4.78, 5) is 53.5. The highest BCUT2D eigenvalue weighted by Gasteiger charge is 2.26. The lowest BCUT2D eigenvalue weighted by atomic mass is 10.1. The normalized spacial score (nSPS) is 11.6. The first-order chi connectivity index (χ1) is 28.2. The molecule has 10 nitrogen and oxygen atoms in total. The van der Waals surface area contributed by atoms with E-state index in [-0.39, 0.29) is 39.5 Å². The van der Waals surface area contributed by atoms with Crippen LogP contribution in [0.1, 0.15) is 156 Å². The van der Waals surface area contributed by atoms with Gasteiger partial charge in [0.25, 0.3) is 0 Å². The van der Waals surface area contributed by atoms with E-state index in [1.54, 1.807) is 18.2 Å². The molecule has 3 aromatic rings. The van der Waals surface area contributed by atoms with Gasteiger partial charge in [-0.25, -0.2) is 14.4 Å². The summed E-state index contributed by atoms with van der Waals surface area (Å²) in [7, 11) is 0. The molecular weight excluding hydrogens is 737 g/mol. The summed E-state index contributed by atoms with van der Waals surface area (Å²) in [6, 6.07) is 6.14. The minimum atomic E-state index is -0.878. The van der Waals surface area contributed by atoms with E-state index in [1.165, 1.54) is 87.4 Å². The molecule has 0 spiro atoms. The van der Waals surface area contributed by atoms with Gasteiger partial charge in [-0.3, -0.25) is 4.79 Å². The number of rotatable bonds is 28. The van der Waals surface area contributed by atoms with E-state index in [0.717, 1.165) is 76.7 Å². The van der Waals surface area contributed by atoms with Crippen molar-refractivity contribution in [1.82, 2.24) is 0 Å². The lowest BCUT2D eigenvalue weighted by Gasteiger charge is -2.14. The van der Waals surface area contributed by atoms with Crippen LogP contribution in [0.4, 0.5) is 0 Å². The Morgan fingerprint density at radius 2 is 1.05 bits per heavy atom. The van der Waals surface area contributed by atoms with Gasteiger partial charge in [0.2, 0.25) is 11.2 Å². The molecule has 0 unspecified atom stereocenters. The van der Waals surface area contributed by atoms with Crippen molar-refractivity contribution < 1.29 is 43.2 Å². The van der Waals surface area contributed by atoms with Crippen LogP contribution >= 0.6 is 0 Å². The SMILES string of the molecule is CCCCCCCCC=CC(=O)Oc1cc(OC(=O)C=CCCCCCCCC)c2c(=O)c(OC(=O)C=CCCCCCCCC)c(-c3ccc(O)cc3O)oc2c1. The Morgan fingerprint density at radius 1 is 0.586 bits per heavy atom. The van der Waals surface area contributed by atoms with Crippen molar-refractivity contribution in [2.45, 2.75) is 156 Å². The van der Waals surface area contributed by atoms with Gasteiger partial charge in [-0.2, -0.15) is 0 Å². The van der Waals surface area contributed by atoms with Crippen molar-refractivity contribution in [3.05, 3.63) is 77.0 Å². The maximum Gasteiger partial charge on any atom is 0.336 e. The number of hydrogen-bond donors (Lipinski definition) is 2. The molecule has 2 N–H and O–H groups in total. The minimum absolute atomic E-state index is 0.0631. The maximum absolute atomic E-state index is 14.3. The van der Waals surface area contributed by atoms with Crippen molar-refractivity contribution in [2.75, 3.05) is 0 Å². The molecule has 3 rings (SSSR count). The van der Waals surface area contributed by atoms with E-state index >= 15 is 0 Å². The molecule has 0 bridgehead atoms. The molecule has 0 saturated heterocycles. The Hall–Kier alpha value is -5.12. The molecule has 2 aromatic carbocycles. The Labute approximate surface area is 344 Å². The Kier molecular flexibility index (Phi) is 22.4. The average molecular weight is 801 g/mol. The molecule has 0 aliphatic carbocycles. The van der Waals surface area contributed by atoms with Gasteiger partial charge < -0.3 is 28.8 Å². The van der Waals surface area contributed by atoms with Crippen molar-refractivity contribution in [1.29, 1.82) is 0 Å². The maximum atomic E-state index is 14.3. The molecule has 0 aliphatic rings. The van der Waals surface area contributed by atoms with Crippen molar-refractivity contribution in [3.63, 3.8) is 0 Å². The monoisotopic (exact) mass is 800 g/mol. The van der Waals surface area contributed by atoms with Crippen LogP contribution in [-0.4, -0.2) is 28.1 Å². The number of hydrogen-bond acceptors (Lipinski definition) is 10. The van der Waals surface area contributed by atoms with Crippen molar-refractivity contribution in [2.24, 2.45) is 0 Å². The van der Waals surface area contributed by atoms with Gasteiger partial charge in [0.05, 0.1) is 5.56 Å². The predicted molar refractivity (Wildman–Crippen MR) is 230 cm³/mol. The number of ether oxygens (including phenoxy) is 3. The fraction of sp³-hybridized carbons (Fsp3) is 0.500. The lowest BCUT2D eigenvalue weighted by molar-refractivity contribution is -0.130. The van der Waals surface area contributed by atoms with Crippen LogP contribution in [0, 0.1) is 0 Å². The quantitative estimate of drug-likeness (QED) is 0.0314. The summed E-state index contributed by atoms with van der Waals surface area (Å²) in [5.41, 5.74) is -1.12. The summed E-state index contributed by atoms with van der Waals surface area (Å²) in [6.07, 6.45) is 30.9. The number of phenols is 2. The zero-order valence-electron chi connectivity index (χ0n) is 34.9. The summed E-state index contributed by atoms with van der Waals surface area (Å²) >= 11 is 0. The molecule has 0 radical (unpaired) electrons. The second-order valence-corrected chi connectivity index (χ2v) is 14.7. The van der Waals surface area contributed by atoms with Gasteiger partial charge in [0.15, 0.2) is 5.76 Å². The van der Waals surface area contributed by atoms with Gasteiger partial charge in [-0.15, -0.1) is 0 Å². The van der Waals surface area contributed by atoms with Gasteiger partial charge in [-0.1, -0.05) is 135 Å². The van der Waals surface area contributed by atoms with Crippen LogP contribution in [-0.2, 0) is 14.4 Å². The fourth-order valence-corrected chi connectivity index (χ4v) is 6.46. The molecule has 1 aromatic heterocycles. The van der Waals surface area contributed by atoms with Gasteiger partial charge in [0, 0.05) is 36.4 Å². The van der Waals surface area contributed by atoms with E-state index in [1.807, 2.05) is 0 Å². The number of carbonyl (C=O) groups excluding carboxylic acids is 3. The van der Waals surface area contributed by atoms with Crippen molar-refractivity contribution in [3.8, 4) is 40.1 Å². The van der Waals surface area contributed by atoms with Gasteiger partial charge in [-0.05, 0) is 50.7 Å². The van der Waals surface area contributed by atoms with E-state index < -0.39 is 34.8 Å². The second-order valence-electron chi connectivity index (χ2n) is 14.7. The smallest absolute Gasteiger partial charge is 0.336 e. The molecule has 58 heavy (non-hydrogen) atoms. The first kappa shape index (κ1) is 47.3. The van der Waals surface area contributed by atoms with Gasteiger partial charge in [0.1, 0.15) is 34.0 Å². The summed E-state index contributed by atoms with van der Waals surface area (Å²) in [5.74, 6) is -4.27. The third-order valence-electron chi connectivity index (χ3n) is 9.68. The van der Waals surface area contributed by atoms with E-state index in [4.69, 9.17) is 18.6 Å². The third kappa shape index (κ3) is 17.2. The third-order valence-corrected chi connectivity index (χ3v) is 9.68. The highest BCUT2D eigenvalue weighted by molar-refractivity contribution is 5.95. The molecule has 1 heterocycles. The first-order valence-electron chi connectivity index (χ1n) is 21.5. The van der Waals surface area contributed by atoms with Crippen LogP contribution in [0.15, 0.2) is 76.0 Å². The molecular formula is C48H64O10. The topological polar surface area (TPSA) is 150 Å². The average Bonchev–Trinajstić information content (AvgIpc) is 3.19. The number of unbranched alkanes of at least 4 members (excludes halogenated alkanes) is 18. The molecule has 0 atom stereocenters. The van der Waals surface area contributed by atoms with Crippen LogP contribution in [0.2, 0.25) is 0 Å². The summed E-state index contributed by atoms with van der Waals surface area (Å²) in [5, 5.41) is 20.5. The second kappa shape index (κ2) is 27.5. The number of esters is 3. The Morgan fingerprint density at radius 3 is 1.55 bits per heavy atom. The highest BCUT2D eigenvalue weighted by Crippen LogP contribution is 2.40. The zero-order chi connectivity index (χ0) is 42.0. The molecule has 0 amide bonds. The van der Waals surface area contributed by atoms with Crippen molar-refractivity contribution >= 4 is 28.9 Å². The van der Waals surface area contributed by atoms with E-state index in [9.17, 15) is 29.4 Å². The molecule has 0 saturated carbocycles. The number of carbonyl (C=O) groups is 3. The lowest BCUT2D eigenvalue weighted by Crippen LogP contribution is -2.16. The highest BCUT2D eigenvalue weighted by atomic mass is 16.6. The van der Waals surface area contributed by atoms with Crippen LogP contribution < -0.4 is 19.6 Å². The molecule has 10 heteroatoms. The fourth-order valence-electron chi connectivity index (χ4n) is 6.46. The largest absolute Gasteiger partial charge is 0.508 e. The summed E-state index contributed by atoms with van der Waals surface area (Å²) in [6.45, 7) is 6.50. The molecule has 0 fully saturated rings. The minimum Gasteiger partial charge on any atom is -0.508 e. The first-order valence-corrected chi connectivity index (χ1v) is 21.5. The van der Waals surface area contributed by atoms with Crippen LogP contribution in [0.3, 0.4) is 0 Å². The number of benzene rings is 2. The number of allylic oxidation sites excluding steroid dienone is 3. The van der Waals surface area contributed by atoms with Crippen LogP contribution in [0.5, 0.6) is 28.7 Å². The van der Waals surface area contributed by atoms with Gasteiger partial charge >= 0.3 is 17.9 Å².